The zero-order valence-corrected chi connectivity index (χ0v) is 36.4. The summed E-state index contributed by atoms with van der Waals surface area (Å²) in [5.74, 6) is 0.120. The molecule has 2 aromatic heterocycles. The van der Waals surface area contributed by atoms with Crippen LogP contribution in [-0.4, -0.2) is 4.40 Å². The van der Waals surface area contributed by atoms with Gasteiger partial charge in [-0.3, -0.25) is 0 Å². The van der Waals surface area contributed by atoms with Gasteiger partial charge in [-0.15, -0.1) is 0 Å². The van der Waals surface area contributed by atoms with Gasteiger partial charge >= 0.3 is 0 Å². The second-order valence-corrected chi connectivity index (χ2v) is 18.3. The van der Waals surface area contributed by atoms with E-state index in [4.69, 9.17) is 0 Å². The van der Waals surface area contributed by atoms with Crippen LogP contribution in [0.1, 0.15) is 75.6 Å². The molecule has 13 rings (SSSR count). The maximum atomic E-state index is 11.2. The van der Waals surface area contributed by atoms with Gasteiger partial charge < -0.3 is 4.40 Å². The third-order valence-electron chi connectivity index (χ3n) is 14.9. The molecule has 2 atom stereocenters. The largest absolute Gasteiger partial charge is 0.308 e. The van der Waals surface area contributed by atoms with Gasteiger partial charge in [0.2, 0.25) is 0 Å². The molecule has 0 fully saturated rings. The van der Waals surface area contributed by atoms with Gasteiger partial charge in [0.25, 0.3) is 0 Å². The quantitative estimate of drug-likeness (QED) is 0.167. The zero-order chi connectivity index (χ0) is 43.9. The summed E-state index contributed by atoms with van der Waals surface area (Å²) >= 11 is 0. The lowest BCUT2D eigenvalue weighted by atomic mass is 9.82. The van der Waals surface area contributed by atoms with Crippen LogP contribution >= 0.6 is 0 Å². The number of hydrogen-bond donors (Lipinski definition) is 0. The summed E-state index contributed by atoms with van der Waals surface area (Å²) in [4.78, 5) is 0. The molecule has 2 aliphatic rings. The van der Waals surface area contributed by atoms with Crippen LogP contribution in [-0.2, 0) is 12.8 Å². The molecule has 2 heterocycles. The highest BCUT2D eigenvalue weighted by atomic mass is 14.9. The summed E-state index contributed by atoms with van der Waals surface area (Å²) < 4.78 is 2.43. The van der Waals surface area contributed by atoms with Gasteiger partial charge in [0, 0.05) is 33.4 Å². The van der Waals surface area contributed by atoms with Crippen molar-refractivity contribution in [3.05, 3.63) is 233 Å². The van der Waals surface area contributed by atoms with Crippen molar-refractivity contribution in [2.45, 2.75) is 43.9 Å². The monoisotopic (exact) mass is 841 g/mol. The molecular formula is C63H43N3. The van der Waals surface area contributed by atoms with E-state index in [1.54, 1.807) is 0 Å². The first-order chi connectivity index (χ1) is 32.7. The number of aryl methyl sites for hydroxylation is 1. The molecule has 0 N–H and O–H groups in total. The van der Waals surface area contributed by atoms with Crippen molar-refractivity contribution in [3.63, 3.8) is 0 Å². The fraction of sp³-hybridized carbons (Fsp3) is 0.111. The maximum absolute atomic E-state index is 11.2. The second-order valence-electron chi connectivity index (χ2n) is 18.3. The predicted molar refractivity (Wildman–Crippen MR) is 270 cm³/mol. The zero-order valence-electron chi connectivity index (χ0n) is 36.4. The normalized spacial score (nSPS) is 15.5. The molecule has 0 spiro atoms. The summed E-state index contributed by atoms with van der Waals surface area (Å²) in [6, 6.07) is 73.6. The molecule has 2 aliphatic carbocycles. The van der Waals surface area contributed by atoms with Gasteiger partial charge in [0.15, 0.2) is 0 Å². The number of nitrogens with zero attached hydrogens (tertiary/aromatic N) is 3. The Hall–Kier alpha value is -8.24. The van der Waals surface area contributed by atoms with Crippen molar-refractivity contribution in [3.8, 4) is 56.6 Å². The van der Waals surface area contributed by atoms with Crippen molar-refractivity contribution in [1.29, 1.82) is 10.5 Å². The topological polar surface area (TPSA) is 52.0 Å². The number of benzene rings is 9. The first kappa shape index (κ1) is 38.2. The average Bonchev–Trinajstić information content (AvgIpc) is 4.06. The standard InChI is InChI=1S/C63H43N3/c64-37-46-34-56-60(49-29-17-16-28-48(46)49)54-32-45(58-50(40-20-8-2-9-21-40)30-44(39-18-6-1-7-19-39)31-51(58)41-22-10-3-11-23-41)33-55-61-57(66(56)63(54)55)35-47(38-65)59-52(42-24-12-4-13-25-42)36-53(62(59)61)43-26-14-5-15-27-43/h1-15,18-27,30-35,52-53H,16-17,28-29,36H2. The molecule has 3 nitrogen and oxygen atoms in total. The first-order valence-electron chi connectivity index (χ1n) is 23.3. The highest BCUT2D eigenvalue weighted by molar-refractivity contribution is 6.27. The number of fused-ring (bicyclic) bond motifs is 10. The van der Waals surface area contributed by atoms with Crippen LogP contribution in [0.15, 0.2) is 188 Å². The minimum atomic E-state index is 0.0545. The summed E-state index contributed by atoms with van der Waals surface area (Å²) in [5, 5.41) is 26.9. The van der Waals surface area contributed by atoms with Crippen LogP contribution in [0.25, 0.3) is 82.6 Å². The Balaban J connectivity index is 1.24. The van der Waals surface area contributed by atoms with E-state index >= 15 is 0 Å². The van der Waals surface area contributed by atoms with Crippen molar-refractivity contribution >= 4 is 38.1 Å². The van der Waals surface area contributed by atoms with Crippen molar-refractivity contribution < 1.29 is 0 Å². The van der Waals surface area contributed by atoms with Crippen LogP contribution in [0.4, 0.5) is 0 Å². The summed E-state index contributed by atoms with van der Waals surface area (Å²) in [6.45, 7) is 0. The lowest BCUT2D eigenvalue weighted by Gasteiger charge is -2.21. The van der Waals surface area contributed by atoms with E-state index in [1.165, 1.54) is 82.7 Å². The Morgan fingerprint density at radius 3 is 1.45 bits per heavy atom. The van der Waals surface area contributed by atoms with Gasteiger partial charge in [0.1, 0.15) is 0 Å². The summed E-state index contributed by atoms with van der Waals surface area (Å²) in [6.07, 6.45) is 4.89. The van der Waals surface area contributed by atoms with Crippen LogP contribution in [0.2, 0.25) is 0 Å². The number of rotatable bonds is 6. The van der Waals surface area contributed by atoms with Gasteiger partial charge in [-0.25, -0.2) is 0 Å². The Morgan fingerprint density at radius 1 is 0.424 bits per heavy atom. The van der Waals surface area contributed by atoms with E-state index < -0.39 is 0 Å². The molecule has 9 aromatic carbocycles. The van der Waals surface area contributed by atoms with Gasteiger partial charge in [-0.2, -0.15) is 10.5 Å². The molecule has 310 valence electrons. The first-order valence-corrected chi connectivity index (χ1v) is 23.3. The molecule has 0 bridgehead atoms. The third-order valence-corrected chi connectivity index (χ3v) is 14.9. The smallest absolute Gasteiger partial charge is 0.0995 e. The van der Waals surface area contributed by atoms with Crippen LogP contribution < -0.4 is 0 Å². The molecule has 0 saturated heterocycles. The maximum Gasteiger partial charge on any atom is 0.0995 e. The lowest BCUT2D eigenvalue weighted by Crippen LogP contribution is -2.06. The SMILES string of the molecule is N#Cc1cc2c(c3c1CCCC3)c1cc(-c3c(-c4ccccc4)cc(-c4ccccc4)cc3-c3ccccc3)cc3c4c5c(c(C#N)cc4n2c13)C(c1ccccc1)CC5c1ccccc1. The second kappa shape index (κ2) is 15.2. The molecule has 3 heteroatoms. The van der Waals surface area contributed by atoms with Gasteiger partial charge in [0.05, 0.1) is 39.8 Å². The van der Waals surface area contributed by atoms with Crippen LogP contribution in [0.5, 0.6) is 0 Å². The Bertz CT molecular complexity index is 3720. The lowest BCUT2D eigenvalue weighted by molar-refractivity contribution is 0.689. The molecule has 0 amide bonds. The Morgan fingerprint density at radius 2 is 0.894 bits per heavy atom. The van der Waals surface area contributed by atoms with Crippen molar-refractivity contribution in [1.82, 2.24) is 4.40 Å². The van der Waals surface area contributed by atoms with Crippen LogP contribution in [0, 0.1) is 22.7 Å². The van der Waals surface area contributed by atoms with Crippen molar-refractivity contribution in [2.75, 3.05) is 0 Å². The van der Waals surface area contributed by atoms with E-state index in [9.17, 15) is 10.5 Å². The predicted octanol–water partition coefficient (Wildman–Crippen LogP) is 15.8. The minimum absolute atomic E-state index is 0.0545. The van der Waals surface area contributed by atoms with E-state index in [-0.39, 0.29) is 11.8 Å². The van der Waals surface area contributed by atoms with E-state index in [1.807, 2.05) is 0 Å². The number of nitriles is 2. The van der Waals surface area contributed by atoms with E-state index in [0.717, 1.165) is 76.5 Å². The Labute approximate surface area is 384 Å². The molecule has 66 heavy (non-hydrogen) atoms. The molecule has 2 unspecified atom stereocenters. The summed E-state index contributed by atoms with van der Waals surface area (Å²) in [5.41, 5.74) is 21.5. The summed E-state index contributed by atoms with van der Waals surface area (Å²) in [7, 11) is 0. The molecule has 0 saturated carbocycles. The fourth-order valence-corrected chi connectivity index (χ4v) is 12.2. The van der Waals surface area contributed by atoms with Gasteiger partial charge in [-0.1, -0.05) is 152 Å². The molecule has 0 aliphatic heterocycles. The third kappa shape index (κ3) is 5.73. The van der Waals surface area contributed by atoms with E-state index in [0.29, 0.717) is 0 Å². The Kier molecular flexibility index (Phi) is 8.80. The van der Waals surface area contributed by atoms with Crippen LogP contribution in [0.3, 0.4) is 0 Å². The molecule has 0 radical (unpaired) electrons. The van der Waals surface area contributed by atoms with E-state index in [2.05, 4.69) is 205 Å². The minimum Gasteiger partial charge on any atom is -0.308 e. The highest BCUT2D eigenvalue weighted by Gasteiger charge is 2.39. The fourth-order valence-electron chi connectivity index (χ4n) is 12.2. The highest BCUT2D eigenvalue weighted by Crippen LogP contribution is 2.56. The molecular weight excluding hydrogens is 799 g/mol. The molecule has 11 aromatic rings. The van der Waals surface area contributed by atoms with Gasteiger partial charge in [-0.05, 0) is 146 Å². The average molecular weight is 842 g/mol. The van der Waals surface area contributed by atoms with Crippen molar-refractivity contribution in [2.24, 2.45) is 0 Å². The number of aromatic nitrogens is 1. The number of hydrogen-bond acceptors (Lipinski definition) is 2.